The second-order valence-electron chi connectivity index (χ2n) is 10.7. The standard InChI is InChI=1S/C33H31N3O5/c1-21(2)34-20-36(28-25-14-8-6-12-23(25)16-17-24-13-7-9-15-26(24)28)35-18-27(33(39)40)30(37)31(29(35)32(34)38)41-19-22-10-4-3-5-11-22/h3-15,18,21,28H,16-17,19-20H2,1-2H3,(H,39,40). The number of hydrogen-bond donors (Lipinski definition) is 1. The first-order valence-corrected chi connectivity index (χ1v) is 13.8. The molecule has 0 saturated carbocycles. The van der Waals surface area contributed by atoms with Gasteiger partial charge in [0.2, 0.25) is 5.43 Å². The van der Waals surface area contributed by atoms with Gasteiger partial charge in [-0.3, -0.25) is 19.3 Å². The van der Waals surface area contributed by atoms with Crippen molar-refractivity contribution in [2.24, 2.45) is 0 Å². The molecule has 0 fully saturated rings. The number of ether oxygens (including phenoxy) is 1. The van der Waals surface area contributed by atoms with Gasteiger partial charge in [-0.15, -0.1) is 0 Å². The minimum Gasteiger partial charge on any atom is -0.482 e. The van der Waals surface area contributed by atoms with E-state index in [0.29, 0.717) is 0 Å². The van der Waals surface area contributed by atoms with Crippen molar-refractivity contribution in [1.82, 2.24) is 9.58 Å². The second-order valence-corrected chi connectivity index (χ2v) is 10.7. The highest BCUT2D eigenvalue weighted by atomic mass is 16.5. The van der Waals surface area contributed by atoms with Crippen LogP contribution in [0.25, 0.3) is 0 Å². The fraction of sp³-hybridized carbons (Fsp3) is 0.242. The van der Waals surface area contributed by atoms with E-state index in [1.165, 1.54) is 17.3 Å². The highest BCUT2D eigenvalue weighted by molar-refractivity contribution is 5.98. The van der Waals surface area contributed by atoms with E-state index < -0.39 is 17.0 Å². The summed E-state index contributed by atoms with van der Waals surface area (Å²) in [6, 6.07) is 25.2. The Labute approximate surface area is 238 Å². The predicted octanol–water partition coefficient (Wildman–Crippen LogP) is 4.77. The lowest BCUT2D eigenvalue weighted by Crippen LogP contribution is -2.57. The molecule has 0 radical (unpaired) electrons. The predicted molar refractivity (Wildman–Crippen MR) is 155 cm³/mol. The summed E-state index contributed by atoms with van der Waals surface area (Å²) in [5.41, 5.74) is 4.05. The van der Waals surface area contributed by atoms with Crippen molar-refractivity contribution >= 4 is 11.9 Å². The average molecular weight is 550 g/mol. The second kappa shape index (κ2) is 10.6. The van der Waals surface area contributed by atoms with Crippen molar-refractivity contribution < 1.29 is 19.4 Å². The van der Waals surface area contributed by atoms with Crippen molar-refractivity contribution in [2.45, 2.75) is 45.4 Å². The van der Waals surface area contributed by atoms with Crippen LogP contribution in [0.3, 0.4) is 0 Å². The third-order valence-corrected chi connectivity index (χ3v) is 7.92. The smallest absolute Gasteiger partial charge is 0.341 e. The number of amides is 1. The van der Waals surface area contributed by atoms with Gasteiger partial charge in [0.15, 0.2) is 11.4 Å². The van der Waals surface area contributed by atoms with Crippen LogP contribution >= 0.6 is 0 Å². The number of hydrogen-bond acceptors (Lipinski definition) is 5. The van der Waals surface area contributed by atoms with Crippen molar-refractivity contribution in [3.63, 3.8) is 0 Å². The molecule has 1 aliphatic heterocycles. The molecular formula is C33H31N3O5. The zero-order chi connectivity index (χ0) is 28.7. The third-order valence-electron chi connectivity index (χ3n) is 7.92. The molecule has 41 heavy (non-hydrogen) atoms. The summed E-state index contributed by atoms with van der Waals surface area (Å²) in [5.74, 6) is -2.02. The first-order chi connectivity index (χ1) is 19.8. The fourth-order valence-electron chi connectivity index (χ4n) is 5.84. The van der Waals surface area contributed by atoms with Gasteiger partial charge in [0.05, 0.1) is 6.04 Å². The van der Waals surface area contributed by atoms with Gasteiger partial charge in [0, 0.05) is 12.2 Å². The maximum atomic E-state index is 14.0. The molecule has 1 N–H and O–H groups in total. The lowest BCUT2D eigenvalue weighted by atomic mass is 9.94. The normalized spacial score (nSPS) is 14.8. The van der Waals surface area contributed by atoms with Crippen molar-refractivity contribution in [1.29, 1.82) is 0 Å². The summed E-state index contributed by atoms with van der Waals surface area (Å²) in [6.07, 6.45) is 2.99. The molecule has 0 unspecified atom stereocenters. The Morgan fingerprint density at radius 1 is 0.902 bits per heavy atom. The molecule has 2 heterocycles. The van der Waals surface area contributed by atoms with E-state index in [1.54, 1.807) is 9.58 Å². The zero-order valence-corrected chi connectivity index (χ0v) is 23.0. The van der Waals surface area contributed by atoms with Crippen molar-refractivity contribution in [2.75, 3.05) is 11.7 Å². The van der Waals surface area contributed by atoms with Gasteiger partial charge in [0.25, 0.3) is 5.91 Å². The summed E-state index contributed by atoms with van der Waals surface area (Å²) < 4.78 is 7.59. The first kappa shape index (κ1) is 26.4. The highest BCUT2D eigenvalue weighted by Gasteiger charge is 2.40. The van der Waals surface area contributed by atoms with Crippen LogP contribution in [0.4, 0.5) is 0 Å². The Hall–Kier alpha value is -4.85. The monoisotopic (exact) mass is 549 g/mol. The number of benzene rings is 3. The minimum absolute atomic E-state index is 0.0101. The fourth-order valence-corrected chi connectivity index (χ4v) is 5.84. The Bertz CT molecular complexity index is 1650. The number of carbonyl (C=O) groups excluding carboxylic acids is 1. The average Bonchev–Trinajstić information content (AvgIpc) is 3.14. The topological polar surface area (TPSA) is 92.1 Å². The number of carboxylic acid groups (broad SMARTS) is 1. The number of carbonyl (C=O) groups is 2. The molecule has 4 aromatic rings. The maximum Gasteiger partial charge on any atom is 0.341 e. The van der Waals surface area contributed by atoms with Crippen LogP contribution in [0.5, 0.6) is 5.75 Å². The molecule has 208 valence electrons. The van der Waals surface area contributed by atoms with E-state index in [4.69, 9.17) is 4.74 Å². The van der Waals surface area contributed by atoms with Crippen LogP contribution in [0.15, 0.2) is 89.9 Å². The van der Waals surface area contributed by atoms with E-state index in [2.05, 4.69) is 24.3 Å². The van der Waals surface area contributed by atoms with Crippen LogP contribution in [0, 0.1) is 0 Å². The third kappa shape index (κ3) is 4.65. The zero-order valence-electron chi connectivity index (χ0n) is 23.0. The van der Waals surface area contributed by atoms with E-state index in [0.717, 1.165) is 29.5 Å². The van der Waals surface area contributed by atoms with Crippen LogP contribution in [-0.4, -0.2) is 39.3 Å². The highest BCUT2D eigenvalue weighted by Crippen LogP contribution is 2.38. The molecule has 1 aromatic heterocycles. The molecule has 1 aliphatic carbocycles. The minimum atomic E-state index is -1.38. The van der Waals surface area contributed by atoms with Crippen LogP contribution < -0.4 is 15.2 Å². The molecule has 3 aromatic carbocycles. The van der Waals surface area contributed by atoms with Gasteiger partial charge in [-0.2, -0.15) is 0 Å². The number of fused-ring (bicyclic) bond motifs is 3. The molecule has 1 amide bonds. The summed E-state index contributed by atoms with van der Waals surface area (Å²) in [5, 5.41) is 12.0. The molecule has 2 aliphatic rings. The van der Waals surface area contributed by atoms with Crippen LogP contribution in [0.2, 0.25) is 0 Å². The van der Waals surface area contributed by atoms with Gasteiger partial charge >= 0.3 is 5.97 Å². The number of pyridine rings is 1. The van der Waals surface area contributed by atoms with Crippen molar-refractivity contribution in [3.8, 4) is 5.75 Å². The number of rotatable bonds is 6. The molecule has 8 heteroatoms. The van der Waals surface area contributed by atoms with E-state index in [9.17, 15) is 19.5 Å². The summed E-state index contributed by atoms with van der Waals surface area (Å²) in [4.78, 5) is 41.6. The first-order valence-electron chi connectivity index (χ1n) is 13.8. The molecule has 6 rings (SSSR count). The lowest BCUT2D eigenvalue weighted by molar-refractivity contribution is 0.0609. The lowest BCUT2D eigenvalue weighted by Gasteiger charge is -2.46. The number of aromatic carboxylic acids is 1. The Kier molecular flexibility index (Phi) is 6.83. The Balaban J connectivity index is 1.61. The number of carboxylic acids is 1. The number of aryl methyl sites for hydroxylation is 2. The number of nitrogens with zero attached hydrogens (tertiary/aromatic N) is 3. The summed E-state index contributed by atoms with van der Waals surface area (Å²) in [6.45, 7) is 4.05. The van der Waals surface area contributed by atoms with Gasteiger partial charge in [-0.25, -0.2) is 4.79 Å². The van der Waals surface area contributed by atoms with Crippen LogP contribution in [0.1, 0.15) is 68.6 Å². The molecule has 0 spiro atoms. The van der Waals surface area contributed by atoms with Gasteiger partial charge < -0.3 is 14.7 Å². The number of aromatic nitrogens is 1. The van der Waals surface area contributed by atoms with Gasteiger partial charge in [-0.05, 0) is 54.5 Å². The largest absolute Gasteiger partial charge is 0.482 e. The van der Waals surface area contributed by atoms with Crippen molar-refractivity contribution in [3.05, 3.63) is 134 Å². The van der Waals surface area contributed by atoms with Crippen LogP contribution in [-0.2, 0) is 19.4 Å². The summed E-state index contributed by atoms with van der Waals surface area (Å²) in [7, 11) is 0. The van der Waals surface area contributed by atoms with E-state index in [-0.39, 0.29) is 42.7 Å². The summed E-state index contributed by atoms with van der Waals surface area (Å²) >= 11 is 0. The van der Waals surface area contributed by atoms with E-state index in [1.807, 2.05) is 73.5 Å². The quantitative estimate of drug-likeness (QED) is 0.373. The molecule has 0 bridgehead atoms. The van der Waals surface area contributed by atoms with Gasteiger partial charge in [0.1, 0.15) is 18.8 Å². The molecular weight excluding hydrogens is 518 g/mol. The Morgan fingerprint density at radius 3 is 2.07 bits per heavy atom. The van der Waals surface area contributed by atoms with E-state index >= 15 is 0 Å². The molecule has 0 saturated heterocycles. The van der Waals surface area contributed by atoms with Gasteiger partial charge in [-0.1, -0.05) is 78.9 Å². The molecule has 0 atom stereocenters. The SMILES string of the molecule is CC(C)N1CN(C2c3ccccc3CCc3ccccc32)n2cc(C(=O)O)c(=O)c(OCc3ccccc3)c2C1=O. The maximum absolute atomic E-state index is 14.0. The Morgan fingerprint density at radius 2 is 1.49 bits per heavy atom. The molecule has 8 nitrogen and oxygen atoms in total.